The minimum atomic E-state index is 0.397. The molecule has 0 aromatic rings. The molecule has 9 heavy (non-hydrogen) atoms. The van der Waals surface area contributed by atoms with E-state index < -0.39 is 0 Å². The first kappa shape index (κ1) is 6.56. The van der Waals surface area contributed by atoms with Crippen molar-refractivity contribution >= 4 is 0 Å². The Morgan fingerprint density at radius 1 is 1.89 bits per heavy atom. The van der Waals surface area contributed by atoms with E-state index in [9.17, 15) is 0 Å². The lowest BCUT2D eigenvalue weighted by molar-refractivity contribution is 0.0776. The van der Waals surface area contributed by atoms with Crippen molar-refractivity contribution in [1.82, 2.24) is 0 Å². The summed E-state index contributed by atoms with van der Waals surface area (Å²) in [6.45, 7) is 6.48. The van der Waals surface area contributed by atoms with Gasteiger partial charge in [-0.1, -0.05) is 18.7 Å². The Kier molecular flexibility index (Phi) is 2.06. The largest absolute Gasteiger partial charge is 0.374 e. The molecule has 0 aliphatic carbocycles. The molecule has 0 aromatic carbocycles. The van der Waals surface area contributed by atoms with Crippen LogP contribution in [0.15, 0.2) is 24.3 Å². The van der Waals surface area contributed by atoms with Crippen molar-refractivity contribution in [1.29, 1.82) is 0 Å². The molecule has 0 saturated carbocycles. The van der Waals surface area contributed by atoms with Crippen molar-refractivity contribution in [3.05, 3.63) is 24.3 Å². The Labute approximate surface area is 56.0 Å². The van der Waals surface area contributed by atoms with E-state index in [1.165, 1.54) is 5.57 Å². The van der Waals surface area contributed by atoms with Gasteiger partial charge in [0.1, 0.15) is 0 Å². The summed E-state index contributed by atoms with van der Waals surface area (Å²) >= 11 is 0. The highest BCUT2D eigenvalue weighted by Gasteiger charge is 2.06. The molecule has 1 rings (SSSR count). The lowest BCUT2D eigenvalue weighted by Crippen LogP contribution is -2.13. The smallest absolute Gasteiger partial charge is 0.0717 e. The Balaban J connectivity index is 2.49. The van der Waals surface area contributed by atoms with Gasteiger partial charge in [-0.05, 0) is 18.9 Å². The van der Waals surface area contributed by atoms with E-state index in [0.29, 0.717) is 6.10 Å². The van der Waals surface area contributed by atoms with Crippen molar-refractivity contribution < 1.29 is 4.74 Å². The molecule has 0 saturated heterocycles. The van der Waals surface area contributed by atoms with E-state index in [1.54, 1.807) is 0 Å². The van der Waals surface area contributed by atoms with Gasteiger partial charge in [-0.25, -0.2) is 0 Å². The van der Waals surface area contributed by atoms with E-state index >= 15 is 0 Å². The third-order valence-electron chi connectivity index (χ3n) is 1.51. The molecular weight excluding hydrogens is 112 g/mol. The summed E-state index contributed by atoms with van der Waals surface area (Å²) in [5.41, 5.74) is 1.22. The fraction of sp³-hybridized carbons (Fsp3) is 0.500. The van der Waals surface area contributed by atoms with Crippen LogP contribution in [0.2, 0.25) is 0 Å². The van der Waals surface area contributed by atoms with Crippen LogP contribution in [-0.4, -0.2) is 12.7 Å². The predicted octanol–water partition coefficient (Wildman–Crippen LogP) is 1.91. The molecule has 1 unspecified atom stereocenters. The molecule has 1 aliphatic heterocycles. The van der Waals surface area contributed by atoms with Gasteiger partial charge in [0.15, 0.2) is 0 Å². The fourth-order valence-corrected chi connectivity index (χ4v) is 0.825. The summed E-state index contributed by atoms with van der Waals surface area (Å²) in [7, 11) is 0. The van der Waals surface area contributed by atoms with E-state index in [1.807, 2.05) is 6.08 Å². The van der Waals surface area contributed by atoms with Crippen LogP contribution < -0.4 is 0 Å². The highest BCUT2D eigenvalue weighted by molar-refractivity contribution is 5.18. The average molecular weight is 124 g/mol. The Hall–Kier alpha value is -0.560. The Morgan fingerprint density at radius 3 is 3.11 bits per heavy atom. The minimum Gasteiger partial charge on any atom is -0.374 e. The normalized spacial score (nSPS) is 27.2. The molecule has 0 bridgehead atoms. The summed E-state index contributed by atoms with van der Waals surface area (Å²) in [5, 5.41) is 0. The third-order valence-corrected chi connectivity index (χ3v) is 1.51. The van der Waals surface area contributed by atoms with E-state index in [0.717, 1.165) is 13.0 Å². The molecule has 0 N–H and O–H groups in total. The maximum atomic E-state index is 5.34. The second kappa shape index (κ2) is 2.83. The fourth-order valence-electron chi connectivity index (χ4n) is 0.825. The Morgan fingerprint density at radius 2 is 2.67 bits per heavy atom. The summed E-state index contributed by atoms with van der Waals surface area (Å²) < 4.78 is 5.34. The van der Waals surface area contributed by atoms with Crippen LogP contribution in [0, 0.1) is 0 Å². The molecule has 0 spiro atoms. The monoisotopic (exact) mass is 124 g/mol. The number of rotatable bonds is 1. The number of ether oxygens (including phenoxy) is 1. The quantitative estimate of drug-likeness (QED) is 0.518. The summed E-state index contributed by atoms with van der Waals surface area (Å²) in [4.78, 5) is 0. The zero-order valence-corrected chi connectivity index (χ0v) is 5.76. The lowest BCUT2D eigenvalue weighted by Gasteiger charge is -2.16. The average Bonchev–Trinajstić information content (AvgIpc) is 1.90. The maximum absolute atomic E-state index is 5.34. The van der Waals surface area contributed by atoms with Crippen molar-refractivity contribution in [2.75, 3.05) is 6.61 Å². The topological polar surface area (TPSA) is 9.23 Å². The molecule has 0 fully saturated rings. The lowest BCUT2D eigenvalue weighted by atomic mass is 10.1. The zero-order chi connectivity index (χ0) is 6.69. The van der Waals surface area contributed by atoms with Crippen LogP contribution in [0.25, 0.3) is 0 Å². The van der Waals surface area contributed by atoms with Crippen LogP contribution in [0.5, 0.6) is 0 Å². The number of hydrogen-bond donors (Lipinski definition) is 0. The molecule has 1 atom stereocenters. The van der Waals surface area contributed by atoms with Crippen molar-refractivity contribution in [3.63, 3.8) is 0 Å². The van der Waals surface area contributed by atoms with Crippen LogP contribution in [0.3, 0.4) is 0 Å². The van der Waals surface area contributed by atoms with Gasteiger partial charge in [-0.2, -0.15) is 0 Å². The van der Waals surface area contributed by atoms with Gasteiger partial charge in [-0.15, -0.1) is 0 Å². The highest BCUT2D eigenvalue weighted by Crippen LogP contribution is 2.11. The summed E-state index contributed by atoms with van der Waals surface area (Å²) in [5.74, 6) is 0. The highest BCUT2D eigenvalue weighted by atomic mass is 16.5. The maximum Gasteiger partial charge on any atom is 0.0717 e. The van der Waals surface area contributed by atoms with Crippen LogP contribution in [0.4, 0.5) is 0 Å². The first-order valence-electron chi connectivity index (χ1n) is 3.26. The first-order valence-corrected chi connectivity index (χ1v) is 3.26. The predicted molar refractivity (Wildman–Crippen MR) is 38.3 cm³/mol. The van der Waals surface area contributed by atoms with Crippen molar-refractivity contribution in [2.24, 2.45) is 0 Å². The van der Waals surface area contributed by atoms with Gasteiger partial charge in [0, 0.05) is 0 Å². The second-order valence-corrected chi connectivity index (χ2v) is 2.34. The molecule has 50 valence electrons. The van der Waals surface area contributed by atoms with E-state index in [-0.39, 0.29) is 0 Å². The molecule has 1 heterocycles. The number of hydrogen-bond acceptors (Lipinski definition) is 1. The Bertz CT molecular complexity index is 136. The van der Waals surface area contributed by atoms with Gasteiger partial charge in [0.2, 0.25) is 0 Å². The van der Waals surface area contributed by atoms with Crippen molar-refractivity contribution in [2.45, 2.75) is 19.4 Å². The second-order valence-electron chi connectivity index (χ2n) is 2.34. The molecule has 0 radical (unpaired) electrons. The van der Waals surface area contributed by atoms with Crippen LogP contribution in [0.1, 0.15) is 13.3 Å². The molecular formula is C8H12O. The molecule has 0 aromatic heterocycles. The third kappa shape index (κ3) is 1.68. The standard InChI is InChI=1S/C8H12O/c1-3-8-5-4-7(2)9-6-8/h3,5,7H,1,4,6H2,2H3. The summed E-state index contributed by atoms with van der Waals surface area (Å²) in [6.07, 6.45) is 5.46. The van der Waals surface area contributed by atoms with E-state index in [2.05, 4.69) is 19.6 Å². The minimum absolute atomic E-state index is 0.397. The van der Waals surface area contributed by atoms with Crippen LogP contribution >= 0.6 is 0 Å². The molecule has 1 heteroatoms. The van der Waals surface area contributed by atoms with Gasteiger partial charge in [0.25, 0.3) is 0 Å². The molecule has 1 aliphatic rings. The molecule has 0 amide bonds. The summed E-state index contributed by atoms with van der Waals surface area (Å²) in [6, 6.07) is 0. The van der Waals surface area contributed by atoms with Gasteiger partial charge >= 0.3 is 0 Å². The van der Waals surface area contributed by atoms with Crippen LogP contribution in [-0.2, 0) is 4.74 Å². The first-order chi connectivity index (χ1) is 4.33. The molecule has 1 nitrogen and oxygen atoms in total. The van der Waals surface area contributed by atoms with Gasteiger partial charge < -0.3 is 4.74 Å². The van der Waals surface area contributed by atoms with E-state index in [4.69, 9.17) is 4.74 Å². The SMILES string of the molecule is C=CC1=CCC(C)OC1. The van der Waals surface area contributed by atoms with Gasteiger partial charge in [-0.3, -0.25) is 0 Å². The van der Waals surface area contributed by atoms with Gasteiger partial charge in [0.05, 0.1) is 12.7 Å². The van der Waals surface area contributed by atoms with Crippen molar-refractivity contribution in [3.8, 4) is 0 Å². The zero-order valence-electron chi connectivity index (χ0n) is 5.76.